The van der Waals surface area contributed by atoms with Crippen LogP contribution < -0.4 is 0 Å². The molecule has 8 aromatic carbocycles. The first-order valence-corrected chi connectivity index (χ1v) is 22.8. The zero-order chi connectivity index (χ0) is 51.3. The second kappa shape index (κ2) is 26.0. The molecule has 0 amide bonds. The van der Waals surface area contributed by atoms with E-state index in [0.29, 0.717) is 39.3 Å². The van der Waals surface area contributed by atoms with Gasteiger partial charge in [-0.1, -0.05) is 120 Å². The zero-order valence-corrected chi connectivity index (χ0v) is 43.1. The van der Waals surface area contributed by atoms with E-state index in [1.165, 1.54) is 27.5 Å². The van der Waals surface area contributed by atoms with Gasteiger partial charge in [-0.05, 0) is 217 Å². The summed E-state index contributed by atoms with van der Waals surface area (Å²) in [6, 6.07) is 34.9. The van der Waals surface area contributed by atoms with Crippen LogP contribution in [0.3, 0.4) is 0 Å². The van der Waals surface area contributed by atoms with E-state index in [-0.39, 0.29) is 7.43 Å². The van der Waals surface area contributed by atoms with E-state index >= 15 is 0 Å². The van der Waals surface area contributed by atoms with Crippen LogP contribution in [0, 0.1) is 104 Å². The van der Waals surface area contributed by atoms with Crippen molar-refractivity contribution in [2.75, 3.05) is 0 Å². The van der Waals surface area contributed by atoms with E-state index in [1.54, 1.807) is 25.1 Å². The SMILES string of the molecule is C.Cc1cc(C)c(O)c(C)c1.Cc1cc(C)c(O)c(C)c1.Cc1cc(Cl)cc(C)c1O.Cc1cc(O)c(C)c2ccccc12.Cc1ccc(C)c(C(=O)O)c1.Cc1ccc2c(C)c(O)cc(C)c2c1. The highest BCUT2D eigenvalue weighted by Gasteiger charge is 2.08. The van der Waals surface area contributed by atoms with Gasteiger partial charge in [0.2, 0.25) is 0 Å². The predicted molar refractivity (Wildman–Crippen MR) is 292 cm³/mol. The Morgan fingerprint density at radius 1 is 0.362 bits per heavy atom. The lowest BCUT2D eigenvalue weighted by atomic mass is 9.98. The summed E-state index contributed by atoms with van der Waals surface area (Å²) in [5.41, 5.74) is 15.5. The van der Waals surface area contributed by atoms with Gasteiger partial charge in [0.15, 0.2) is 0 Å². The molecule has 0 aliphatic rings. The maximum absolute atomic E-state index is 10.6. The summed E-state index contributed by atoms with van der Waals surface area (Å²) < 4.78 is 0. The lowest BCUT2D eigenvalue weighted by Crippen LogP contribution is -1.99. The van der Waals surface area contributed by atoms with Crippen molar-refractivity contribution < 1.29 is 35.4 Å². The first-order valence-electron chi connectivity index (χ1n) is 22.4. The van der Waals surface area contributed by atoms with Gasteiger partial charge in [-0.2, -0.15) is 0 Å². The molecule has 0 atom stereocenters. The molecular weight excluding hydrogens is 880 g/mol. The fourth-order valence-corrected chi connectivity index (χ4v) is 8.06. The smallest absolute Gasteiger partial charge is 0.335 e. The first-order chi connectivity index (χ1) is 31.7. The van der Waals surface area contributed by atoms with Crippen LogP contribution in [0.2, 0.25) is 5.02 Å². The fourth-order valence-electron chi connectivity index (χ4n) is 7.74. The molecular formula is C61H73ClO7. The Labute approximate surface area is 416 Å². The van der Waals surface area contributed by atoms with Gasteiger partial charge in [0.25, 0.3) is 0 Å². The molecule has 366 valence electrons. The van der Waals surface area contributed by atoms with Crippen molar-refractivity contribution in [1.82, 2.24) is 0 Å². The molecule has 69 heavy (non-hydrogen) atoms. The molecule has 0 aromatic heterocycles. The minimum atomic E-state index is -0.855. The third kappa shape index (κ3) is 16.4. The number of aromatic hydroxyl groups is 5. The Hall–Kier alpha value is -6.96. The second-order valence-electron chi connectivity index (χ2n) is 17.8. The van der Waals surface area contributed by atoms with Gasteiger partial charge in [-0.25, -0.2) is 4.79 Å². The molecule has 0 bridgehead atoms. The topological polar surface area (TPSA) is 138 Å². The summed E-state index contributed by atoms with van der Waals surface area (Å²) in [6.07, 6.45) is 0. The standard InChI is InChI=1S/C13H14O.C12H12O.C9H10O2.2C9H12O.C8H9ClO.CH4/c1-8-4-5-11-10(3)13(14)7-9(2)12(11)6-8;1-8-7-12(13)9(2)11-6-4-3-5-10(8)11;1-6-3-4-7(2)8(5-6)9(10)11;2*1-6-4-7(2)9(10)8(3)5-6;1-5-3-7(9)4-6(2)8(5)10;/h4-7,14H,1-3H3;3-7,13H,1-2H3;3-5H,1-2H3,(H,10,11);2*4-5,10H,1-3H3;3-4,10H,1-2H3;1H4. The molecule has 6 N–H and O–H groups in total. The molecule has 0 heterocycles. The Kier molecular flexibility index (Phi) is 21.9. The maximum atomic E-state index is 10.6. The highest BCUT2D eigenvalue weighted by molar-refractivity contribution is 6.30. The van der Waals surface area contributed by atoms with E-state index in [1.807, 2.05) is 157 Å². The molecule has 0 saturated heterocycles. The largest absolute Gasteiger partial charge is 0.508 e. The van der Waals surface area contributed by atoms with Gasteiger partial charge < -0.3 is 30.6 Å². The molecule has 8 heteroatoms. The number of fused-ring (bicyclic) bond motifs is 2. The van der Waals surface area contributed by atoms with Crippen LogP contribution in [0.4, 0.5) is 0 Å². The summed E-state index contributed by atoms with van der Waals surface area (Å²) in [7, 11) is 0. The van der Waals surface area contributed by atoms with Crippen molar-refractivity contribution in [3.63, 3.8) is 0 Å². The van der Waals surface area contributed by atoms with Crippen molar-refractivity contribution in [2.24, 2.45) is 0 Å². The number of carbonyl (C=O) groups is 1. The number of benzene rings is 8. The molecule has 0 fully saturated rings. The Morgan fingerprint density at radius 3 is 1.12 bits per heavy atom. The van der Waals surface area contributed by atoms with Crippen LogP contribution in [-0.4, -0.2) is 36.6 Å². The monoisotopic (exact) mass is 953 g/mol. The van der Waals surface area contributed by atoms with Crippen LogP contribution in [0.15, 0.2) is 109 Å². The van der Waals surface area contributed by atoms with Crippen LogP contribution in [0.1, 0.15) is 101 Å². The maximum Gasteiger partial charge on any atom is 0.335 e. The summed E-state index contributed by atoms with van der Waals surface area (Å²) >= 11 is 5.71. The van der Waals surface area contributed by atoms with E-state index in [0.717, 1.165) is 77.5 Å². The number of aryl methyl sites for hydroxylation is 15. The lowest BCUT2D eigenvalue weighted by molar-refractivity contribution is 0.0696. The Balaban J connectivity index is 0.000000285. The molecule has 0 aliphatic heterocycles. The quantitative estimate of drug-likeness (QED) is 0.0963. The van der Waals surface area contributed by atoms with Crippen LogP contribution in [0.5, 0.6) is 28.7 Å². The van der Waals surface area contributed by atoms with Crippen molar-refractivity contribution >= 4 is 39.1 Å². The molecule has 0 unspecified atom stereocenters. The summed E-state index contributed by atoms with van der Waals surface area (Å²) in [4.78, 5) is 10.6. The number of aromatic carboxylic acids is 1. The molecule has 0 aliphatic carbocycles. The van der Waals surface area contributed by atoms with Crippen molar-refractivity contribution in [3.8, 4) is 28.7 Å². The minimum Gasteiger partial charge on any atom is -0.508 e. The van der Waals surface area contributed by atoms with Gasteiger partial charge in [-0.3, -0.25) is 0 Å². The van der Waals surface area contributed by atoms with Crippen LogP contribution >= 0.6 is 11.6 Å². The van der Waals surface area contributed by atoms with Gasteiger partial charge >= 0.3 is 5.97 Å². The number of carboxylic acids is 1. The number of rotatable bonds is 1. The fraction of sp³-hybridized carbons (Fsp3) is 0.262. The Bertz CT molecular complexity index is 2850. The predicted octanol–water partition coefficient (Wildman–Crippen LogP) is 16.6. The Morgan fingerprint density at radius 2 is 0.710 bits per heavy atom. The van der Waals surface area contributed by atoms with Gasteiger partial charge in [0, 0.05) is 5.02 Å². The molecule has 0 radical (unpaired) electrons. The summed E-state index contributed by atoms with van der Waals surface area (Å²) in [6.45, 7) is 29.1. The number of carboxylic acid groups (broad SMARTS) is 1. The minimum absolute atomic E-state index is 0. The number of hydrogen-bond acceptors (Lipinski definition) is 6. The third-order valence-electron chi connectivity index (χ3n) is 11.6. The number of phenolic OH excluding ortho intramolecular Hbond substituents is 5. The summed E-state index contributed by atoms with van der Waals surface area (Å²) in [5, 5.41) is 61.3. The average molecular weight is 954 g/mol. The lowest BCUT2D eigenvalue weighted by Gasteiger charge is -2.08. The highest BCUT2D eigenvalue weighted by Crippen LogP contribution is 2.31. The van der Waals surface area contributed by atoms with Gasteiger partial charge in [0.05, 0.1) is 5.56 Å². The van der Waals surface area contributed by atoms with E-state index in [2.05, 4.69) is 31.2 Å². The van der Waals surface area contributed by atoms with Crippen molar-refractivity contribution in [1.29, 1.82) is 0 Å². The number of halogens is 1. The molecule has 7 nitrogen and oxygen atoms in total. The van der Waals surface area contributed by atoms with E-state index in [4.69, 9.17) is 16.7 Å². The molecule has 8 rings (SSSR count). The number of hydrogen-bond donors (Lipinski definition) is 6. The van der Waals surface area contributed by atoms with Gasteiger partial charge in [-0.15, -0.1) is 0 Å². The van der Waals surface area contributed by atoms with E-state index in [9.17, 15) is 30.3 Å². The average Bonchev–Trinajstić information content (AvgIpc) is 3.27. The van der Waals surface area contributed by atoms with Crippen molar-refractivity contribution in [2.45, 2.75) is 111 Å². The zero-order valence-electron chi connectivity index (χ0n) is 42.4. The first kappa shape index (κ1) is 58.2. The normalized spacial score (nSPS) is 10.0. The highest BCUT2D eigenvalue weighted by atomic mass is 35.5. The van der Waals surface area contributed by atoms with Crippen molar-refractivity contribution in [3.05, 3.63) is 203 Å². The van der Waals surface area contributed by atoms with Gasteiger partial charge in [0.1, 0.15) is 28.7 Å². The summed E-state index contributed by atoms with van der Waals surface area (Å²) in [5.74, 6) is 1.10. The molecule has 8 aromatic rings. The third-order valence-corrected chi connectivity index (χ3v) is 11.8. The second-order valence-corrected chi connectivity index (χ2v) is 18.2. The van der Waals surface area contributed by atoms with E-state index < -0.39 is 5.97 Å². The van der Waals surface area contributed by atoms with Crippen LogP contribution in [0.25, 0.3) is 21.5 Å². The molecule has 0 spiro atoms. The van der Waals surface area contributed by atoms with Crippen LogP contribution in [-0.2, 0) is 0 Å². The molecule has 0 saturated carbocycles. The number of phenols is 5.